The molecule has 0 aromatic rings. The summed E-state index contributed by atoms with van der Waals surface area (Å²) in [5.41, 5.74) is 1.13. The lowest BCUT2D eigenvalue weighted by Crippen LogP contribution is -2.38. The Morgan fingerprint density at radius 2 is 2.64 bits per heavy atom. The highest BCUT2D eigenvalue weighted by atomic mass is 16.6. The average molecular weight is 198 g/mol. The molecule has 0 radical (unpaired) electrons. The minimum Gasteiger partial charge on any atom is -0.459 e. The van der Waals surface area contributed by atoms with Gasteiger partial charge in [-0.2, -0.15) is 0 Å². The number of hydrogen-bond donors (Lipinski definition) is 1. The average Bonchev–Trinajstić information content (AvgIpc) is 2.19. The van der Waals surface area contributed by atoms with E-state index in [4.69, 9.17) is 6.17 Å². The van der Waals surface area contributed by atoms with Crippen LogP contribution < -0.4 is 0 Å². The molecule has 0 bridgehead atoms. The molecule has 1 aliphatic rings. The SMILES string of the molecule is [3H]O[C@@H]1CC(C)=C[C@H](C=C)[C@H]1OC(C)=O. The second-order valence-electron chi connectivity index (χ2n) is 3.64. The van der Waals surface area contributed by atoms with E-state index >= 15 is 0 Å². The summed E-state index contributed by atoms with van der Waals surface area (Å²) in [6.45, 7) is 7.01. The van der Waals surface area contributed by atoms with Crippen LogP contribution in [0.5, 0.6) is 0 Å². The second-order valence-corrected chi connectivity index (χ2v) is 3.64. The van der Waals surface area contributed by atoms with Gasteiger partial charge in [0.25, 0.3) is 0 Å². The number of carbonyl (C=O) groups is 1. The fourth-order valence-electron chi connectivity index (χ4n) is 1.72. The van der Waals surface area contributed by atoms with E-state index < -0.39 is 12.2 Å². The van der Waals surface area contributed by atoms with E-state index in [9.17, 15) is 4.79 Å². The molecule has 3 atom stereocenters. The topological polar surface area (TPSA) is 46.5 Å². The van der Waals surface area contributed by atoms with Gasteiger partial charge in [0.15, 0.2) is 0 Å². The van der Waals surface area contributed by atoms with Crippen molar-refractivity contribution in [2.75, 3.05) is 0 Å². The maximum atomic E-state index is 10.9. The monoisotopic (exact) mass is 198 g/mol. The van der Waals surface area contributed by atoms with Gasteiger partial charge in [-0.15, -0.1) is 6.58 Å². The van der Waals surface area contributed by atoms with Gasteiger partial charge >= 0.3 is 5.97 Å². The third kappa shape index (κ3) is 2.45. The van der Waals surface area contributed by atoms with E-state index in [2.05, 4.69) is 11.7 Å². The Balaban J connectivity index is 2.85. The Bertz CT molecular complexity index is 286. The van der Waals surface area contributed by atoms with E-state index in [1.807, 2.05) is 13.0 Å². The first kappa shape index (κ1) is 9.46. The molecule has 0 saturated carbocycles. The second kappa shape index (κ2) is 4.42. The molecule has 1 N–H and O–H groups in total. The molecular weight excluding hydrogens is 180 g/mol. The Hall–Kier alpha value is -1.09. The summed E-state index contributed by atoms with van der Waals surface area (Å²) in [4.78, 5) is 10.9. The zero-order valence-corrected chi connectivity index (χ0v) is 8.53. The van der Waals surface area contributed by atoms with Crippen LogP contribution in [0.25, 0.3) is 0 Å². The molecule has 0 spiro atoms. The molecule has 14 heavy (non-hydrogen) atoms. The first-order valence-corrected chi connectivity index (χ1v) is 4.67. The van der Waals surface area contributed by atoms with E-state index in [1.165, 1.54) is 6.92 Å². The molecule has 0 amide bonds. The number of hydrogen-bond acceptors (Lipinski definition) is 3. The zero-order chi connectivity index (χ0) is 11.4. The Morgan fingerprint density at radius 1 is 1.93 bits per heavy atom. The molecule has 1 rings (SSSR count). The van der Waals surface area contributed by atoms with Crippen molar-refractivity contribution in [1.29, 1.82) is 1.43 Å². The summed E-state index contributed by atoms with van der Waals surface area (Å²) in [6, 6.07) is 0. The molecule has 0 heterocycles. The highest BCUT2D eigenvalue weighted by molar-refractivity contribution is 5.66. The largest absolute Gasteiger partial charge is 0.459 e. The third-order valence-corrected chi connectivity index (χ3v) is 2.32. The van der Waals surface area contributed by atoms with Crippen LogP contribution >= 0.6 is 0 Å². The molecule has 0 aromatic heterocycles. The van der Waals surface area contributed by atoms with Crippen molar-refractivity contribution in [2.24, 2.45) is 5.92 Å². The molecule has 0 fully saturated rings. The van der Waals surface area contributed by atoms with E-state index in [1.54, 1.807) is 6.08 Å². The van der Waals surface area contributed by atoms with E-state index in [0.717, 1.165) is 5.57 Å². The van der Waals surface area contributed by atoms with Gasteiger partial charge in [-0.3, -0.25) is 4.79 Å². The predicted octanol–water partition coefficient (Wildman–Crippen LogP) is 1.43. The fourth-order valence-corrected chi connectivity index (χ4v) is 1.72. The van der Waals surface area contributed by atoms with E-state index in [-0.39, 0.29) is 11.9 Å². The Morgan fingerprint density at radius 3 is 3.14 bits per heavy atom. The first-order chi connectivity index (χ1) is 7.08. The van der Waals surface area contributed by atoms with Gasteiger partial charge in [-0.25, -0.2) is 0 Å². The predicted molar refractivity (Wildman–Crippen MR) is 53.6 cm³/mol. The number of aliphatic hydroxyl groups excluding tert-OH is 1. The van der Waals surface area contributed by atoms with Crippen LogP contribution in [0.2, 0.25) is 0 Å². The summed E-state index contributed by atoms with van der Waals surface area (Å²) < 4.78 is 12.1. The lowest BCUT2D eigenvalue weighted by atomic mass is 9.86. The number of rotatable bonds is 3. The normalized spacial score (nSPS) is 32.9. The smallest absolute Gasteiger partial charge is 0.303 e. The number of carbonyl (C=O) groups excluding carboxylic acids is 1. The van der Waals surface area contributed by atoms with Crippen molar-refractivity contribution in [3.63, 3.8) is 0 Å². The van der Waals surface area contributed by atoms with E-state index in [0.29, 0.717) is 6.42 Å². The van der Waals surface area contributed by atoms with Gasteiger partial charge in [-0.05, 0) is 13.3 Å². The van der Waals surface area contributed by atoms with Crippen LogP contribution in [0.1, 0.15) is 20.3 Å². The zero-order valence-electron chi connectivity index (χ0n) is 9.53. The van der Waals surface area contributed by atoms with Gasteiger partial charge in [0, 0.05) is 12.8 Å². The van der Waals surface area contributed by atoms with Crippen molar-refractivity contribution < 1.29 is 14.6 Å². The summed E-state index contributed by atoms with van der Waals surface area (Å²) in [5, 5.41) is 4.59. The van der Waals surface area contributed by atoms with Crippen LogP contribution in [0.15, 0.2) is 24.3 Å². The Kier molecular flexibility index (Phi) is 2.99. The highest BCUT2D eigenvalue weighted by Crippen LogP contribution is 2.26. The molecular formula is C11H16O3. The molecule has 0 unspecified atom stereocenters. The maximum absolute atomic E-state index is 10.9. The first-order valence-electron chi connectivity index (χ1n) is 5.08. The quantitative estimate of drug-likeness (QED) is 0.551. The molecule has 0 aromatic carbocycles. The maximum Gasteiger partial charge on any atom is 0.303 e. The summed E-state index contributed by atoms with van der Waals surface area (Å²) in [5.74, 6) is -0.431. The van der Waals surface area contributed by atoms with Gasteiger partial charge in [-0.1, -0.05) is 17.7 Å². The summed E-state index contributed by atoms with van der Waals surface area (Å²) in [7, 11) is 0. The summed E-state index contributed by atoms with van der Waals surface area (Å²) in [6.07, 6.45) is 3.49. The highest BCUT2D eigenvalue weighted by Gasteiger charge is 2.31. The van der Waals surface area contributed by atoms with Crippen LogP contribution in [-0.4, -0.2) is 24.7 Å². The molecule has 3 nitrogen and oxygen atoms in total. The van der Waals surface area contributed by atoms with Crippen LogP contribution in [-0.2, 0) is 9.53 Å². The third-order valence-electron chi connectivity index (χ3n) is 2.32. The van der Waals surface area contributed by atoms with Crippen molar-refractivity contribution in [3.05, 3.63) is 24.3 Å². The van der Waals surface area contributed by atoms with Crippen molar-refractivity contribution in [1.82, 2.24) is 0 Å². The Labute approximate surface area is 85.6 Å². The minimum atomic E-state index is -0.429. The lowest BCUT2D eigenvalue weighted by molar-refractivity contribution is -0.154. The number of esters is 1. The van der Waals surface area contributed by atoms with Gasteiger partial charge in [0.2, 0.25) is 1.43 Å². The fraction of sp³-hybridized carbons (Fsp3) is 0.545. The summed E-state index contributed by atoms with van der Waals surface area (Å²) >= 11 is 0. The molecule has 78 valence electrons. The minimum absolute atomic E-state index is 0.0713. The number of aliphatic hydroxyl groups is 1. The van der Waals surface area contributed by atoms with Gasteiger partial charge < -0.3 is 9.85 Å². The molecule has 1 aliphatic carbocycles. The van der Waals surface area contributed by atoms with Crippen LogP contribution in [0.3, 0.4) is 0 Å². The van der Waals surface area contributed by atoms with Crippen molar-refractivity contribution >= 4 is 5.97 Å². The van der Waals surface area contributed by atoms with Gasteiger partial charge in [0.05, 0.1) is 6.10 Å². The molecule has 0 aliphatic heterocycles. The molecule has 3 heteroatoms. The van der Waals surface area contributed by atoms with Crippen molar-refractivity contribution in [3.8, 4) is 0 Å². The van der Waals surface area contributed by atoms with Crippen molar-refractivity contribution in [2.45, 2.75) is 32.5 Å². The standard InChI is InChI=1S/C11H16O3/c1-4-9-5-7(2)6-10(13)11(9)14-8(3)12/h4-5,9-11,13H,1,6H2,2-3H3/t9-,10+,11+/m0/s1/i13T. The number of ether oxygens (including phenoxy) is 1. The van der Waals surface area contributed by atoms with Crippen LogP contribution in [0.4, 0.5) is 0 Å². The van der Waals surface area contributed by atoms with Gasteiger partial charge in [0.1, 0.15) is 6.10 Å². The molecule has 0 saturated heterocycles. The van der Waals surface area contributed by atoms with Crippen LogP contribution in [0, 0.1) is 5.92 Å². The lowest BCUT2D eigenvalue weighted by Gasteiger charge is -2.31.